The summed E-state index contributed by atoms with van der Waals surface area (Å²) in [6.45, 7) is 4.10. The molecule has 0 spiro atoms. The highest BCUT2D eigenvalue weighted by atomic mass is 79.9. The minimum Gasteiger partial charge on any atom is -0.313 e. The lowest BCUT2D eigenvalue weighted by Crippen LogP contribution is -2.13. The van der Waals surface area contributed by atoms with Gasteiger partial charge in [-0.25, -0.2) is 0 Å². The molecular weight excluding hydrogens is 324 g/mol. The van der Waals surface area contributed by atoms with Gasteiger partial charge in [-0.3, -0.25) is 0 Å². The fourth-order valence-electron chi connectivity index (χ4n) is 1.68. The van der Waals surface area contributed by atoms with E-state index in [1.807, 2.05) is 25.6 Å². The number of aromatic nitrogens is 3. The van der Waals surface area contributed by atoms with Crippen LogP contribution in [0.3, 0.4) is 0 Å². The smallest absolute Gasteiger partial charge is 0.195 e. The largest absolute Gasteiger partial charge is 0.313 e. The van der Waals surface area contributed by atoms with Crippen LogP contribution < -0.4 is 5.32 Å². The molecule has 0 fully saturated rings. The molecule has 0 aliphatic carbocycles. The van der Waals surface area contributed by atoms with Gasteiger partial charge in [0.25, 0.3) is 0 Å². The first-order chi connectivity index (χ1) is 9.02. The normalized spacial score (nSPS) is 12.7. The van der Waals surface area contributed by atoms with Crippen LogP contribution >= 0.6 is 27.7 Å². The molecule has 1 aromatic heterocycles. The summed E-state index contributed by atoms with van der Waals surface area (Å²) in [6.07, 6.45) is 0. The minimum atomic E-state index is 0.296. The van der Waals surface area contributed by atoms with Gasteiger partial charge in [-0.05, 0) is 50.4 Å². The summed E-state index contributed by atoms with van der Waals surface area (Å²) in [7, 11) is 3.95. The molecule has 2 rings (SSSR count). The first-order valence-electron chi connectivity index (χ1n) is 6.03. The van der Waals surface area contributed by atoms with Crippen LogP contribution in [0.5, 0.6) is 0 Å². The van der Waals surface area contributed by atoms with E-state index in [1.54, 1.807) is 11.8 Å². The number of hydrogen-bond acceptors (Lipinski definition) is 4. The molecule has 1 aromatic carbocycles. The van der Waals surface area contributed by atoms with E-state index in [2.05, 4.69) is 56.6 Å². The van der Waals surface area contributed by atoms with Crippen molar-refractivity contribution in [3.63, 3.8) is 0 Å². The Kier molecular flexibility index (Phi) is 4.65. The Bertz CT molecular complexity index is 582. The second kappa shape index (κ2) is 6.07. The van der Waals surface area contributed by atoms with Crippen molar-refractivity contribution in [1.29, 1.82) is 0 Å². The third-order valence-electron chi connectivity index (χ3n) is 3.13. The Hall–Kier alpha value is -0.850. The van der Waals surface area contributed by atoms with E-state index in [-0.39, 0.29) is 0 Å². The van der Waals surface area contributed by atoms with E-state index in [0.29, 0.717) is 6.04 Å². The highest BCUT2D eigenvalue weighted by Crippen LogP contribution is 2.34. The summed E-state index contributed by atoms with van der Waals surface area (Å²) in [4.78, 5) is 1.19. The molecule has 1 N–H and O–H groups in total. The Morgan fingerprint density at radius 3 is 2.68 bits per heavy atom. The van der Waals surface area contributed by atoms with Crippen LogP contribution in [0.2, 0.25) is 0 Å². The van der Waals surface area contributed by atoms with E-state index in [1.165, 1.54) is 10.5 Å². The van der Waals surface area contributed by atoms with Gasteiger partial charge < -0.3 is 9.88 Å². The van der Waals surface area contributed by atoms with Crippen LogP contribution in [0.4, 0.5) is 0 Å². The topological polar surface area (TPSA) is 42.7 Å². The Labute approximate surface area is 126 Å². The van der Waals surface area contributed by atoms with Crippen molar-refractivity contribution in [2.24, 2.45) is 7.05 Å². The van der Waals surface area contributed by atoms with Crippen LogP contribution in [0, 0.1) is 6.92 Å². The minimum absolute atomic E-state index is 0.296. The third-order valence-corrected chi connectivity index (χ3v) is 4.73. The van der Waals surface area contributed by atoms with Crippen molar-refractivity contribution < 1.29 is 0 Å². The summed E-state index contributed by atoms with van der Waals surface area (Å²) < 4.78 is 3.07. The number of aryl methyl sites for hydroxylation is 1. The van der Waals surface area contributed by atoms with Crippen molar-refractivity contribution in [1.82, 2.24) is 20.1 Å². The molecule has 1 heterocycles. The summed E-state index contributed by atoms with van der Waals surface area (Å²) in [5, 5.41) is 12.5. The lowest BCUT2D eigenvalue weighted by molar-refractivity contribution is 0.640. The first kappa shape index (κ1) is 14.6. The van der Waals surface area contributed by atoms with Gasteiger partial charge in [0, 0.05) is 22.5 Å². The third kappa shape index (κ3) is 3.19. The van der Waals surface area contributed by atoms with E-state index in [4.69, 9.17) is 0 Å². The molecule has 0 radical (unpaired) electrons. The van der Waals surface area contributed by atoms with E-state index >= 15 is 0 Å². The van der Waals surface area contributed by atoms with Gasteiger partial charge in [-0.2, -0.15) is 0 Å². The fraction of sp³-hybridized carbons (Fsp3) is 0.385. The number of hydrogen-bond donors (Lipinski definition) is 1. The van der Waals surface area contributed by atoms with Crippen LogP contribution in [0.25, 0.3) is 0 Å². The van der Waals surface area contributed by atoms with E-state index in [9.17, 15) is 0 Å². The number of nitrogens with one attached hydrogen (secondary N) is 1. The summed E-state index contributed by atoms with van der Waals surface area (Å²) in [5.74, 6) is 0.917. The van der Waals surface area contributed by atoms with Crippen molar-refractivity contribution in [2.75, 3.05) is 7.05 Å². The molecule has 0 aliphatic heterocycles. The molecule has 1 unspecified atom stereocenters. The maximum Gasteiger partial charge on any atom is 0.195 e. The number of halogens is 1. The van der Waals surface area contributed by atoms with Gasteiger partial charge in [0.15, 0.2) is 5.16 Å². The molecule has 0 saturated heterocycles. The molecular formula is C13H17BrN4S. The van der Waals surface area contributed by atoms with Crippen molar-refractivity contribution in [3.05, 3.63) is 34.1 Å². The predicted molar refractivity (Wildman–Crippen MR) is 81.5 cm³/mol. The number of rotatable bonds is 4. The molecule has 0 saturated carbocycles. The quantitative estimate of drug-likeness (QED) is 0.927. The first-order valence-corrected chi connectivity index (χ1v) is 7.64. The summed E-state index contributed by atoms with van der Waals surface area (Å²) in [6, 6.07) is 6.62. The van der Waals surface area contributed by atoms with Gasteiger partial charge in [-0.1, -0.05) is 22.0 Å². The lowest BCUT2D eigenvalue weighted by atomic mass is 10.1. The van der Waals surface area contributed by atoms with Crippen molar-refractivity contribution in [2.45, 2.75) is 29.9 Å². The van der Waals surface area contributed by atoms with E-state index < -0.39 is 0 Å². The van der Waals surface area contributed by atoms with Gasteiger partial charge >= 0.3 is 0 Å². The molecule has 0 amide bonds. The summed E-state index contributed by atoms with van der Waals surface area (Å²) in [5.41, 5.74) is 1.26. The molecule has 0 aliphatic rings. The van der Waals surface area contributed by atoms with Crippen molar-refractivity contribution >= 4 is 27.7 Å². The molecule has 0 bridgehead atoms. The van der Waals surface area contributed by atoms with Crippen LogP contribution in [-0.4, -0.2) is 21.8 Å². The second-order valence-electron chi connectivity index (χ2n) is 4.38. The molecule has 2 aromatic rings. The molecule has 4 nitrogen and oxygen atoms in total. The van der Waals surface area contributed by atoms with Gasteiger partial charge in [0.05, 0.1) is 0 Å². The zero-order valence-electron chi connectivity index (χ0n) is 11.4. The second-order valence-corrected chi connectivity index (χ2v) is 6.31. The zero-order valence-corrected chi connectivity index (χ0v) is 13.8. The molecule has 1 atom stereocenters. The van der Waals surface area contributed by atoms with Gasteiger partial charge in [0.2, 0.25) is 0 Å². The zero-order chi connectivity index (χ0) is 14.0. The van der Waals surface area contributed by atoms with Gasteiger partial charge in [0.1, 0.15) is 5.82 Å². The molecule has 102 valence electrons. The highest BCUT2D eigenvalue weighted by molar-refractivity contribution is 9.10. The van der Waals surface area contributed by atoms with E-state index in [0.717, 1.165) is 15.5 Å². The number of nitrogens with zero attached hydrogens (tertiary/aromatic N) is 3. The molecule has 19 heavy (non-hydrogen) atoms. The van der Waals surface area contributed by atoms with Gasteiger partial charge in [-0.15, -0.1) is 10.2 Å². The van der Waals surface area contributed by atoms with Crippen LogP contribution in [-0.2, 0) is 7.05 Å². The maximum absolute atomic E-state index is 4.21. The monoisotopic (exact) mass is 340 g/mol. The maximum atomic E-state index is 4.21. The lowest BCUT2D eigenvalue weighted by Gasteiger charge is -2.15. The van der Waals surface area contributed by atoms with Crippen LogP contribution in [0.15, 0.2) is 32.7 Å². The SMILES string of the molecule is CNC(C)c1ccc(Br)cc1Sc1nnc(C)n1C. The average Bonchev–Trinajstić information content (AvgIpc) is 2.70. The summed E-state index contributed by atoms with van der Waals surface area (Å²) >= 11 is 5.17. The Morgan fingerprint density at radius 1 is 1.37 bits per heavy atom. The fourth-order valence-corrected chi connectivity index (χ4v) is 3.29. The van der Waals surface area contributed by atoms with Crippen LogP contribution in [0.1, 0.15) is 24.4 Å². The predicted octanol–water partition coefficient (Wildman–Crippen LogP) is 3.32. The molecule has 6 heteroatoms. The Morgan fingerprint density at radius 2 is 2.11 bits per heavy atom. The average molecular weight is 341 g/mol. The Balaban J connectivity index is 2.38. The van der Waals surface area contributed by atoms with Crippen molar-refractivity contribution in [3.8, 4) is 0 Å². The highest BCUT2D eigenvalue weighted by Gasteiger charge is 2.14. The number of benzene rings is 1. The standard InChI is InChI=1S/C13H17BrN4S/c1-8(15-3)11-6-5-10(14)7-12(11)19-13-17-16-9(2)18(13)4/h5-8,15H,1-4H3.